The molecule has 0 atom stereocenters. The Kier molecular flexibility index (Phi) is 9.41. The highest BCUT2D eigenvalue weighted by atomic mass is 79.9. The maximum absolute atomic E-state index is 8.67. The molecule has 6 heteroatoms. The molecule has 0 aliphatic heterocycles. The van der Waals surface area contributed by atoms with Gasteiger partial charge in [0.15, 0.2) is 11.5 Å². The Bertz CT molecular complexity index is 416. The fraction of sp³-hybridized carbons (Fsp3) is 0.600. The average Bonchev–Trinajstić information content (AvgIpc) is 2.48. The number of ether oxygens (including phenoxy) is 2. The number of hydrogen-bond acceptors (Lipinski definition) is 5. The maximum Gasteiger partial charge on any atom is 0.165 e. The van der Waals surface area contributed by atoms with Gasteiger partial charge >= 0.3 is 0 Å². The first-order chi connectivity index (χ1) is 10.2. The number of aliphatic hydroxyl groups excluding tert-OH is 1. The molecule has 5 nitrogen and oxygen atoms in total. The topological polar surface area (TPSA) is 62.8 Å². The molecule has 1 rings (SSSR count). The van der Waals surface area contributed by atoms with Crippen LogP contribution in [-0.4, -0.2) is 45.1 Å². The molecular weight excluding hydrogens is 336 g/mol. The van der Waals surface area contributed by atoms with Gasteiger partial charge in [-0.3, -0.25) is 0 Å². The van der Waals surface area contributed by atoms with Crippen LogP contribution >= 0.6 is 15.9 Å². The van der Waals surface area contributed by atoms with Gasteiger partial charge in [0.25, 0.3) is 0 Å². The number of halogens is 1. The third-order valence-corrected chi connectivity index (χ3v) is 3.37. The minimum Gasteiger partial charge on any atom is -0.493 e. The van der Waals surface area contributed by atoms with Crippen LogP contribution in [0, 0.1) is 0 Å². The van der Waals surface area contributed by atoms with Gasteiger partial charge in [0.1, 0.15) is 0 Å². The Balaban J connectivity index is 2.51. The Labute approximate surface area is 135 Å². The molecule has 1 aromatic rings. The lowest BCUT2D eigenvalue weighted by atomic mass is 10.2. The maximum atomic E-state index is 8.67. The summed E-state index contributed by atoms with van der Waals surface area (Å²) >= 11 is 3.49. The van der Waals surface area contributed by atoms with E-state index in [2.05, 4.69) is 26.6 Å². The van der Waals surface area contributed by atoms with Crippen molar-refractivity contribution in [3.05, 3.63) is 22.2 Å². The van der Waals surface area contributed by atoms with E-state index in [1.165, 1.54) is 0 Å². The first kappa shape index (κ1) is 18.2. The number of methoxy groups -OCH3 is 1. The van der Waals surface area contributed by atoms with Crippen molar-refractivity contribution in [3.63, 3.8) is 0 Å². The Hall–Kier alpha value is -0.820. The standard InChI is InChI=1S/C15H25BrN2O3/c1-3-21-15-12(9-13(16)10-14(15)20-2)11-18-6-4-5-17-7-8-19/h9-10,17-19H,3-8,11H2,1-2H3. The van der Waals surface area contributed by atoms with Gasteiger partial charge in [0.2, 0.25) is 0 Å². The van der Waals surface area contributed by atoms with Crippen LogP contribution in [0.15, 0.2) is 16.6 Å². The molecule has 120 valence electrons. The molecule has 0 fully saturated rings. The van der Waals surface area contributed by atoms with Gasteiger partial charge in [-0.05, 0) is 38.6 Å². The number of rotatable bonds is 11. The molecule has 0 saturated carbocycles. The van der Waals surface area contributed by atoms with E-state index in [1.54, 1.807) is 7.11 Å². The van der Waals surface area contributed by atoms with Crippen molar-refractivity contribution in [1.29, 1.82) is 0 Å². The van der Waals surface area contributed by atoms with E-state index in [1.807, 2.05) is 19.1 Å². The molecule has 0 aliphatic carbocycles. The molecule has 0 spiro atoms. The molecular formula is C15H25BrN2O3. The van der Waals surface area contributed by atoms with Gasteiger partial charge in [-0.25, -0.2) is 0 Å². The first-order valence-corrected chi connectivity index (χ1v) is 8.03. The van der Waals surface area contributed by atoms with E-state index in [-0.39, 0.29) is 6.61 Å². The van der Waals surface area contributed by atoms with Crippen LogP contribution in [0.2, 0.25) is 0 Å². The molecule has 0 aliphatic rings. The summed E-state index contributed by atoms with van der Waals surface area (Å²) in [5, 5.41) is 15.2. The highest BCUT2D eigenvalue weighted by Gasteiger charge is 2.12. The largest absolute Gasteiger partial charge is 0.493 e. The molecule has 0 aromatic heterocycles. The Morgan fingerprint density at radius 1 is 1.19 bits per heavy atom. The SMILES string of the molecule is CCOc1c(CNCCCNCCO)cc(Br)cc1OC. The molecule has 0 unspecified atom stereocenters. The minimum atomic E-state index is 0.184. The van der Waals surface area contributed by atoms with Crippen molar-refractivity contribution in [3.8, 4) is 11.5 Å². The predicted molar refractivity (Wildman–Crippen MR) is 88.1 cm³/mol. The third-order valence-electron chi connectivity index (χ3n) is 2.92. The van der Waals surface area contributed by atoms with E-state index in [9.17, 15) is 0 Å². The first-order valence-electron chi connectivity index (χ1n) is 7.24. The lowest BCUT2D eigenvalue weighted by molar-refractivity contribution is 0.292. The van der Waals surface area contributed by atoms with Crippen LogP contribution in [0.5, 0.6) is 11.5 Å². The monoisotopic (exact) mass is 360 g/mol. The summed E-state index contributed by atoms with van der Waals surface area (Å²) in [6.07, 6.45) is 1.01. The van der Waals surface area contributed by atoms with Crippen molar-refractivity contribution < 1.29 is 14.6 Å². The third kappa shape index (κ3) is 6.65. The predicted octanol–water partition coefficient (Wildman–Crippen LogP) is 1.92. The van der Waals surface area contributed by atoms with Crippen LogP contribution in [0.4, 0.5) is 0 Å². The second kappa shape index (κ2) is 10.8. The molecule has 21 heavy (non-hydrogen) atoms. The highest BCUT2D eigenvalue weighted by molar-refractivity contribution is 9.10. The molecule has 0 radical (unpaired) electrons. The fourth-order valence-electron chi connectivity index (χ4n) is 1.98. The van der Waals surface area contributed by atoms with Crippen molar-refractivity contribution >= 4 is 15.9 Å². The summed E-state index contributed by atoms with van der Waals surface area (Å²) in [5.41, 5.74) is 1.08. The van der Waals surface area contributed by atoms with E-state index < -0.39 is 0 Å². The number of nitrogens with one attached hydrogen (secondary N) is 2. The molecule has 0 amide bonds. The van der Waals surface area contributed by atoms with E-state index in [4.69, 9.17) is 14.6 Å². The molecule has 0 saturated heterocycles. The minimum absolute atomic E-state index is 0.184. The van der Waals surface area contributed by atoms with Crippen LogP contribution in [0.25, 0.3) is 0 Å². The summed E-state index contributed by atoms with van der Waals surface area (Å²) in [4.78, 5) is 0. The lowest BCUT2D eigenvalue weighted by Gasteiger charge is -2.15. The number of benzene rings is 1. The van der Waals surface area contributed by atoms with Crippen molar-refractivity contribution in [1.82, 2.24) is 10.6 Å². The molecule has 0 heterocycles. The average molecular weight is 361 g/mol. The molecule has 1 aromatic carbocycles. The summed E-state index contributed by atoms with van der Waals surface area (Å²) in [5.74, 6) is 1.54. The van der Waals surface area contributed by atoms with Gasteiger partial charge in [0.05, 0.1) is 20.3 Å². The van der Waals surface area contributed by atoms with E-state index in [0.717, 1.165) is 47.6 Å². The number of hydrogen-bond donors (Lipinski definition) is 3. The highest BCUT2D eigenvalue weighted by Crippen LogP contribution is 2.34. The van der Waals surface area contributed by atoms with Crippen LogP contribution in [-0.2, 0) is 6.54 Å². The number of aliphatic hydroxyl groups is 1. The second-order valence-electron chi connectivity index (χ2n) is 4.53. The van der Waals surface area contributed by atoms with Crippen molar-refractivity contribution in [2.24, 2.45) is 0 Å². The molecule has 0 bridgehead atoms. The van der Waals surface area contributed by atoms with Crippen LogP contribution in [0.3, 0.4) is 0 Å². The van der Waals surface area contributed by atoms with Gasteiger partial charge in [0, 0.05) is 23.1 Å². The Morgan fingerprint density at radius 2 is 1.95 bits per heavy atom. The summed E-state index contributed by atoms with van der Waals surface area (Å²) in [7, 11) is 1.65. The van der Waals surface area contributed by atoms with Crippen molar-refractivity contribution in [2.45, 2.75) is 19.9 Å². The zero-order chi connectivity index (χ0) is 15.5. The van der Waals surface area contributed by atoms with Gasteiger partial charge < -0.3 is 25.2 Å². The van der Waals surface area contributed by atoms with Gasteiger partial charge in [-0.1, -0.05) is 15.9 Å². The van der Waals surface area contributed by atoms with E-state index in [0.29, 0.717) is 13.2 Å². The smallest absolute Gasteiger partial charge is 0.165 e. The van der Waals surface area contributed by atoms with E-state index >= 15 is 0 Å². The van der Waals surface area contributed by atoms with Crippen LogP contribution in [0.1, 0.15) is 18.9 Å². The zero-order valence-electron chi connectivity index (χ0n) is 12.7. The fourth-order valence-corrected chi connectivity index (χ4v) is 2.46. The van der Waals surface area contributed by atoms with Crippen LogP contribution < -0.4 is 20.1 Å². The second-order valence-corrected chi connectivity index (χ2v) is 5.45. The van der Waals surface area contributed by atoms with Crippen molar-refractivity contribution in [2.75, 3.05) is 40.0 Å². The van der Waals surface area contributed by atoms with Gasteiger partial charge in [-0.15, -0.1) is 0 Å². The zero-order valence-corrected chi connectivity index (χ0v) is 14.3. The lowest BCUT2D eigenvalue weighted by Crippen LogP contribution is -2.24. The summed E-state index contributed by atoms with van der Waals surface area (Å²) in [6, 6.07) is 3.96. The summed E-state index contributed by atoms with van der Waals surface area (Å²) in [6.45, 7) is 5.93. The quantitative estimate of drug-likeness (QED) is 0.526. The normalized spacial score (nSPS) is 10.7. The Morgan fingerprint density at radius 3 is 2.62 bits per heavy atom. The summed E-state index contributed by atoms with van der Waals surface area (Å²) < 4.78 is 12.0. The van der Waals surface area contributed by atoms with Gasteiger partial charge in [-0.2, -0.15) is 0 Å². The molecule has 3 N–H and O–H groups in total.